The van der Waals surface area contributed by atoms with Crippen LogP contribution in [0.1, 0.15) is 6.42 Å². The molecule has 0 aliphatic heterocycles. The Morgan fingerprint density at radius 1 is 1.32 bits per heavy atom. The Morgan fingerprint density at radius 2 is 2.00 bits per heavy atom. The van der Waals surface area contributed by atoms with Gasteiger partial charge < -0.3 is 5.32 Å². The molecule has 2 N–H and O–H groups in total. The maximum atomic E-state index is 13.3. The van der Waals surface area contributed by atoms with Crippen molar-refractivity contribution in [1.82, 2.24) is 9.62 Å². The Kier molecular flexibility index (Phi) is 5.64. The molecule has 0 amide bonds. The van der Waals surface area contributed by atoms with Crippen LogP contribution in [0.2, 0.25) is 0 Å². The van der Waals surface area contributed by atoms with Gasteiger partial charge >= 0.3 is 10.2 Å². The van der Waals surface area contributed by atoms with Crippen molar-refractivity contribution in [2.24, 2.45) is 0 Å². The van der Waals surface area contributed by atoms with Crippen LogP contribution in [0.4, 0.5) is 14.5 Å². The lowest BCUT2D eigenvalue weighted by atomic mass is 10.3. The van der Waals surface area contributed by atoms with Gasteiger partial charge in [-0.3, -0.25) is 4.72 Å². The van der Waals surface area contributed by atoms with Crippen LogP contribution in [0, 0.1) is 11.6 Å². The van der Waals surface area contributed by atoms with E-state index in [0.717, 1.165) is 22.5 Å². The standard InChI is InChI=1S/C11H17F2N3O2S/c1-14-6-3-7-16(2)19(17,18)15-11-8-9(12)4-5-10(11)13/h4-5,8,14-15H,3,6-7H2,1-2H3. The highest BCUT2D eigenvalue weighted by molar-refractivity contribution is 7.90. The fraction of sp³-hybridized carbons (Fsp3) is 0.455. The fourth-order valence-corrected chi connectivity index (χ4v) is 2.35. The second-order valence-corrected chi connectivity index (χ2v) is 5.79. The molecule has 0 radical (unpaired) electrons. The van der Waals surface area contributed by atoms with Gasteiger partial charge in [0.05, 0.1) is 5.69 Å². The molecule has 0 saturated heterocycles. The molecule has 0 unspecified atom stereocenters. The van der Waals surface area contributed by atoms with E-state index in [1.807, 2.05) is 4.72 Å². The molecule has 0 bridgehead atoms. The van der Waals surface area contributed by atoms with Crippen LogP contribution in [-0.4, -0.2) is 39.9 Å². The van der Waals surface area contributed by atoms with Crippen molar-refractivity contribution in [3.05, 3.63) is 29.8 Å². The van der Waals surface area contributed by atoms with Gasteiger partial charge in [0.25, 0.3) is 0 Å². The first kappa shape index (κ1) is 15.8. The first-order valence-corrected chi connectivity index (χ1v) is 7.14. The number of halogens is 2. The van der Waals surface area contributed by atoms with E-state index >= 15 is 0 Å². The van der Waals surface area contributed by atoms with E-state index in [-0.39, 0.29) is 6.54 Å². The molecular formula is C11H17F2N3O2S. The minimum Gasteiger partial charge on any atom is -0.320 e. The predicted molar refractivity (Wildman–Crippen MR) is 70.1 cm³/mol. The molecule has 1 aromatic carbocycles. The number of anilines is 1. The van der Waals surface area contributed by atoms with Crippen molar-refractivity contribution < 1.29 is 17.2 Å². The summed E-state index contributed by atoms with van der Waals surface area (Å²) in [7, 11) is -0.755. The second kappa shape index (κ2) is 6.78. The highest BCUT2D eigenvalue weighted by Crippen LogP contribution is 2.17. The average molecular weight is 293 g/mol. The molecule has 19 heavy (non-hydrogen) atoms. The SMILES string of the molecule is CNCCCN(C)S(=O)(=O)Nc1cc(F)ccc1F. The van der Waals surface area contributed by atoms with E-state index in [1.54, 1.807) is 7.05 Å². The van der Waals surface area contributed by atoms with Gasteiger partial charge in [0.2, 0.25) is 0 Å². The van der Waals surface area contributed by atoms with E-state index in [2.05, 4.69) is 5.32 Å². The molecule has 0 spiro atoms. The predicted octanol–water partition coefficient (Wildman–Crippen LogP) is 1.16. The normalized spacial score (nSPS) is 11.8. The van der Waals surface area contributed by atoms with Crippen LogP contribution >= 0.6 is 0 Å². The number of hydrogen-bond donors (Lipinski definition) is 2. The molecule has 1 rings (SSSR count). The Morgan fingerprint density at radius 3 is 2.63 bits per heavy atom. The summed E-state index contributed by atoms with van der Waals surface area (Å²) in [5, 5.41) is 2.89. The molecular weight excluding hydrogens is 276 g/mol. The Labute approximate surface area is 111 Å². The maximum Gasteiger partial charge on any atom is 0.301 e. The fourth-order valence-electron chi connectivity index (χ4n) is 1.39. The maximum absolute atomic E-state index is 13.3. The summed E-state index contributed by atoms with van der Waals surface area (Å²) < 4.78 is 53.1. The summed E-state index contributed by atoms with van der Waals surface area (Å²) in [6.07, 6.45) is 0.611. The third-order valence-electron chi connectivity index (χ3n) is 2.48. The van der Waals surface area contributed by atoms with Crippen LogP contribution < -0.4 is 10.0 Å². The molecule has 1 aromatic rings. The number of hydrogen-bond acceptors (Lipinski definition) is 3. The first-order valence-electron chi connectivity index (χ1n) is 5.70. The summed E-state index contributed by atoms with van der Waals surface area (Å²) in [5.74, 6) is -1.54. The molecule has 108 valence electrons. The van der Waals surface area contributed by atoms with Crippen LogP contribution in [0.5, 0.6) is 0 Å². The average Bonchev–Trinajstić information content (AvgIpc) is 2.33. The largest absolute Gasteiger partial charge is 0.320 e. The van der Waals surface area contributed by atoms with Crippen LogP contribution in [0.25, 0.3) is 0 Å². The molecule has 0 atom stereocenters. The molecule has 0 saturated carbocycles. The molecule has 0 fully saturated rings. The molecule has 0 heterocycles. The van der Waals surface area contributed by atoms with Gasteiger partial charge in [-0.15, -0.1) is 0 Å². The number of rotatable bonds is 7. The summed E-state index contributed by atoms with van der Waals surface area (Å²) >= 11 is 0. The number of benzene rings is 1. The van der Waals surface area contributed by atoms with Crippen molar-refractivity contribution >= 4 is 15.9 Å². The smallest absolute Gasteiger partial charge is 0.301 e. The summed E-state index contributed by atoms with van der Waals surface area (Å²) in [6.45, 7) is 0.932. The van der Waals surface area contributed by atoms with Crippen molar-refractivity contribution in [3.8, 4) is 0 Å². The Bertz CT molecular complexity index is 523. The zero-order chi connectivity index (χ0) is 14.5. The second-order valence-electron chi connectivity index (χ2n) is 4.01. The van der Waals surface area contributed by atoms with Gasteiger partial charge in [0.15, 0.2) is 0 Å². The van der Waals surface area contributed by atoms with Crippen LogP contribution in [0.15, 0.2) is 18.2 Å². The van der Waals surface area contributed by atoms with Crippen molar-refractivity contribution in [3.63, 3.8) is 0 Å². The minimum atomic E-state index is -3.88. The van der Waals surface area contributed by atoms with Crippen molar-refractivity contribution in [2.75, 3.05) is 31.9 Å². The highest BCUT2D eigenvalue weighted by Gasteiger charge is 2.19. The third kappa shape index (κ3) is 4.73. The van der Waals surface area contributed by atoms with E-state index < -0.39 is 27.5 Å². The number of nitrogens with one attached hydrogen (secondary N) is 2. The van der Waals surface area contributed by atoms with Gasteiger partial charge in [-0.25, -0.2) is 8.78 Å². The highest BCUT2D eigenvalue weighted by atomic mass is 32.2. The lowest BCUT2D eigenvalue weighted by Gasteiger charge is -2.18. The van der Waals surface area contributed by atoms with Gasteiger partial charge in [0.1, 0.15) is 11.6 Å². The monoisotopic (exact) mass is 293 g/mol. The molecule has 0 aliphatic rings. The topological polar surface area (TPSA) is 61.4 Å². The van der Waals surface area contributed by atoms with Crippen LogP contribution in [0.3, 0.4) is 0 Å². The van der Waals surface area contributed by atoms with Gasteiger partial charge in [-0.2, -0.15) is 12.7 Å². The zero-order valence-electron chi connectivity index (χ0n) is 10.8. The molecule has 8 heteroatoms. The minimum absolute atomic E-state index is 0.271. The van der Waals surface area contributed by atoms with Gasteiger partial charge in [-0.05, 0) is 32.1 Å². The van der Waals surface area contributed by atoms with E-state index in [4.69, 9.17) is 0 Å². The summed E-state index contributed by atoms with van der Waals surface area (Å²) in [5.41, 5.74) is -0.402. The first-order chi connectivity index (χ1) is 8.86. The Hall–Kier alpha value is -1.25. The van der Waals surface area contributed by atoms with Crippen molar-refractivity contribution in [2.45, 2.75) is 6.42 Å². The third-order valence-corrected chi connectivity index (χ3v) is 3.96. The molecule has 0 aliphatic carbocycles. The summed E-state index contributed by atoms with van der Waals surface area (Å²) in [4.78, 5) is 0. The lowest BCUT2D eigenvalue weighted by Crippen LogP contribution is -2.34. The summed E-state index contributed by atoms with van der Waals surface area (Å²) in [6, 6.07) is 2.59. The van der Waals surface area contributed by atoms with E-state index in [0.29, 0.717) is 13.0 Å². The number of nitrogens with zero attached hydrogens (tertiary/aromatic N) is 1. The van der Waals surface area contributed by atoms with E-state index in [9.17, 15) is 17.2 Å². The molecule has 0 aromatic heterocycles. The molecule has 5 nitrogen and oxygen atoms in total. The quantitative estimate of drug-likeness (QED) is 0.742. The van der Waals surface area contributed by atoms with E-state index in [1.165, 1.54) is 7.05 Å². The lowest BCUT2D eigenvalue weighted by molar-refractivity contribution is 0.462. The van der Waals surface area contributed by atoms with Crippen LogP contribution in [-0.2, 0) is 10.2 Å². The van der Waals surface area contributed by atoms with Gasteiger partial charge in [0, 0.05) is 19.7 Å². The van der Waals surface area contributed by atoms with Gasteiger partial charge in [-0.1, -0.05) is 0 Å². The Balaban J connectivity index is 2.75. The van der Waals surface area contributed by atoms with Crippen molar-refractivity contribution in [1.29, 1.82) is 0 Å². The zero-order valence-corrected chi connectivity index (χ0v) is 11.6.